The molecule has 6 nitrogen and oxygen atoms in total. The molecule has 1 fully saturated rings. The number of aryl methyl sites for hydroxylation is 1. The van der Waals surface area contributed by atoms with E-state index in [1.807, 2.05) is 48.7 Å². The molecular formula is C28H28N4O2S. The van der Waals surface area contributed by atoms with Gasteiger partial charge >= 0.3 is 0 Å². The van der Waals surface area contributed by atoms with E-state index in [0.29, 0.717) is 5.11 Å². The van der Waals surface area contributed by atoms with Gasteiger partial charge in [0.15, 0.2) is 5.11 Å². The number of rotatable bonds is 6. The van der Waals surface area contributed by atoms with Gasteiger partial charge in [0.1, 0.15) is 11.5 Å². The minimum atomic E-state index is -0.151. The van der Waals surface area contributed by atoms with E-state index in [1.54, 1.807) is 14.2 Å². The minimum absolute atomic E-state index is 0.149. The van der Waals surface area contributed by atoms with Gasteiger partial charge < -0.3 is 24.3 Å². The number of nitrogens with one attached hydrogen (secondary N) is 1. The second kappa shape index (κ2) is 9.43. The maximum atomic E-state index is 5.92. The highest BCUT2D eigenvalue weighted by molar-refractivity contribution is 7.80. The second-order valence-electron chi connectivity index (χ2n) is 8.53. The van der Waals surface area contributed by atoms with Crippen molar-refractivity contribution in [3.8, 4) is 17.2 Å². The molecule has 5 rings (SSSR count). The summed E-state index contributed by atoms with van der Waals surface area (Å²) in [6, 6.07) is 24.1. The van der Waals surface area contributed by atoms with E-state index in [2.05, 4.69) is 63.9 Å². The second-order valence-corrected chi connectivity index (χ2v) is 8.92. The van der Waals surface area contributed by atoms with E-state index in [4.69, 9.17) is 21.7 Å². The van der Waals surface area contributed by atoms with E-state index in [1.165, 1.54) is 5.56 Å². The molecule has 0 saturated carbocycles. The Morgan fingerprint density at radius 1 is 0.914 bits per heavy atom. The average molecular weight is 485 g/mol. The molecule has 1 saturated heterocycles. The number of hydrogen-bond acceptors (Lipinski definition) is 4. The monoisotopic (exact) mass is 484 g/mol. The van der Waals surface area contributed by atoms with Gasteiger partial charge in [-0.25, -0.2) is 0 Å². The van der Waals surface area contributed by atoms with E-state index in [9.17, 15) is 0 Å². The summed E-state index contributed by atoms with van der Waals surface area (Å²) < 4.78 is 13.6. The van der Waals surface area contributed by atoms with E-state index < -0.39 is 0 Å². The summed E-state index contributed by atoms with van der Waals surface area (Å²) in [5.74, 6) is 1.46. The summed E-state index contributed by atoms with van der Waals surface area (Å²) in [5, 5.41) is 4.15. The molecule has 35 heavy (non-hydrogen) atoms. The lowest BCUT2D eigenvalue weighted by atomic mass is 9.96. The highest BCUT2D eigenvalue weighted by atomic mass is 32.1. The summed E-state index contributed by atoms with van der Waals surface area (Å²) in [6.45, 7) is 4.30. The highest BCUT2D eigenvalue weighted by Gasteiger charge is 2.43. The van der Waals surface area contributed by atoms with Crippen molar-refractivity contribution in [2.45, 2.75) is 25.9 Å². The van der Waals surface area contributed by atoms with Gasteiger partial charge in [-0.3, -0.25) is 4.98 Å². The molecule has 0 bridgehead atoms. The van der Waals surface area contributed by atoms with Gasteiger partial charge in [-0.05, 0) is 74.1 Å². The number of aromatic nitrogens is 2. The SMILES string of the molecule is COc1ccc(OC)c(N2C(=S)N[C@@H](c3ccccn3)[C@H]2c2cc(C)n(-c3ccccc3)c2C)c1. The summed E-state index contributed by atoms with van der Waals surface area (Å²) in [4.78, 5) is 6.81. The van der Waals surface area contributed by atoms with E-state index in [-0.39, 0.29) is 12.1 Å². The summed E-state index contributed by atoms with van der Waals surface area (Å²) in [5.41, 5.74) is 6.37. The fraction of sp³-hybridized carbons (Fsp3) is 0.214. The molecule has 7 heteroatoms. The average Bonchev–Trinajstić information content (AvgIpc) is 3.39. The van der Waals surface area contributed by atoms with Gasteiger partial charge in [0, 0.05) is 29.3 Å². The van der Waals surface area contributed by atoms with Crippen molar-refractivity contribution in [2.24, 2.45) is 0 Å². The van der Waals surface area contributed by atoms with Crippen molar-refractivity contribution in [2.75, 3.05) is 19.1 Å². The van der Waals surface area contributed by atoms with Crippen LogP contribution in [0.3, 0.4) is 0 Å². The quantitative estimate of drug-likeness (QED) is 0.355. The number of benzene rings is 2. The zero-order chi connectivity index (χ0) is 24.5. The molecule has 3 heterocycles. The number of para-hydroxylation sites is 1. The Labute approximate surface area is 211 Å². The van der Waals surface area contributed by atoms with Crippen LogP contribution in [0.2, 0.25) is 0 Å². The van der Waals surface area contributed by atoms with Crippen LogP contribution in [0, 0.1) is 13.8 Å². The molecule has 1 N–H and O–H groups in total. The van der Waals surface area contributed by atoms with Crippen LogP contribution in [0.5, 0.6) is 11.5 Å². The molecule has 0 unspecified atom stereocenters. The van der Waals surface area contributed by atoms with Gasteiger partial charge in [0.25, 0.3) is 0 Å². The molecule has 1 aliphatic rings. The Kier molecular flexibility index (Phi) is 6.17. The molecule has 2 aromatic carbocycles. The van der Waals surface area contributed by atoms with E-state index in [0.717, 1.165) is 40.0 Å². The molecule has 178 valence electrons. The van der Waals surface area contributed by atoms with Crippen LogP contribution in [0.1, 0.15) is 34.7 Å². The van der Waals surface area contributed by atoms with Crippen molar-refractivity contribution < 1.29 is 9.47 Å². The molecule has 2 atom stereocenters. The Hall–Kier alpha value is -3.84. The Balaban J connectivity index is 1.72. The number of nitrogens with zero attached hydrogens (tertiary/aromatic N) is 3. The fourth-order valence-electron chi connectivity index (χ4n) is 4.98. The highest BCUT2D eigenvalue weighted by Crippen LogP contribution is 2.47. The molecule has 0 spiro atoms. The lowest BCUT2D eigenvalue weighted by molar-refractivity contribution is 0.403. The van der Waals surface area contributed by atoms with Crippen molar-refractivity contribution in [3.05, 3.63) is 102 Å². The van der Waals surface area contributed by atoms with Crippen LogP contribution in [0.25, 0.3) is 5.69 Å². The number of pyridine rings is 1. The van der Waals surface area contributed by atoms with Gasteiger partial charge in [0.2, 0.25) is 0 Å². The predicted molar refractivity (Wildman–Crippen MR) is 143 cm³/mol. The Morgan fingerprint density at radius 3 is 2.37 bits per heavy atom. The summed E-state index contributed by atoms with van der Waals surface area (Å²) in [7, 11) is 3.33. The van der Waals surface area contributed by atoms with Crippen LogP contribution >= 0.6 is 12.2 Å². The van der Waals surface area contributed by atoms with Crippen molar-refractivity contribution >= 4 is 23.0 Å². The van der Waals surface area contributed by atoms with Gasteiger partial charge in [-0.1, -0.05) is 24.3 Å². The Bertz CT molecular complexity index is 1350. The van der Waals surface area contributed by atoms with Crippen LogP contribution in [-0.2, 0) is 0 Å². The molecule has 0 radical (unpaired) electrons. The van der Waals surface area contributed by atoms with Crippen molar-refractivity contribution in [1.29, 1.82) is 0 Å². The lowest BCUT2D eigenvalue weighted by Crippen LogP contribution is -2.30. The Morgan fingerprint density at radius 2 is 1.69 bits per heavy atom. The molecule has 4 aromatic rings. The third kappa shape index (κ3) is 4.02. The normalized spacial score (nSPS) is 17.4. The van der Waals surface area contributed by atoms with Gasteiger partial charge in [-0.15, -0.1) is 0 Å². The first-order valence-electron chi connectivity index (χ1n) is 11.5. The maximum Gasteiger partial charge on any atom is 0.174 e. The number of hydrogen-bond donors (Lipinski definition) is 1. The van der Waals surface area contributed by atoms with Crippen LogP contribution in [-0.4, -0.2) is 28.9 Å². The molecule has 1 aliphatic heterocycles. The first-order chi connectivity index (χ1) is 17.0. The standard InChI is InChI=1S/C28H28N4O2S/c1-18-16-22(19(2)31(18)20-10-6-5-7-11-20)27-26(23-12-8-9-15-29-23)30-28(35)32(27)24-17-21(33-3)13-14-25(24)34-4/h5-17,26-27H,1-4H3,(H,30,35)/t26-,27+/m0/s1. The number of methoxy groups -OCH3 is 2. The summed E-state index contributed by atoms with van der Waals surface area (Å²) in [6.07, 6.45) is 1.82. The number of thiocarbonyl (C=S) groups is 1. The smallest absolute Gasteiger partial charge is 0.174 e. The maximum absolute atomic E-state index is 5.92. The molecule has 0 aliphatic carbocycles. The van der Waals surface area contributed by atoms with Crippen molar-refractivity contribution in [3.63, 3.8) is 0 Å². The molecule has 2 aromatic heterocycles. The lowest BCUT2D eigenvalue weighted by Gasteiger charge is -2.29. The zero-order valence-electron chi connectivity index (χ0n) is 20.2. The van der Waals surface area contributed by atoms with E-state index >= 15 is 0 Å². The van der Waals surface area contributed by atoms with Crippen LogP contribution in [0.4, 0.5) is 5.69 Å². The van der Waals surface area contributed by atoms with Gasteiger partial charge in [0.05, 0.1) is 37.7 Å². The van der Waals surface area contributed by atoms with Crippen LogP contribution < -0.4 is 19.7 Å². The molecular weight excluding hydrogens is 456 g/mol. The first kappa shape index (κ1) is 22.9. The van der Waals surface area contributed by atoms with Crippen LogP contribution in [0.15, 0.2) is 79.0 Å². The third-order valence-electron chi connectivity index (χ3n) is 6.55. The third-order valence-corrected chi connectivity index (χ3v) is 6.86. The topological polar surface area (TPSA) is 51.6 Å². The zero-order valence-corrected chi connectivity index (χ0v) is 21.0. The fourth-order valence-corrected chi connectivity index (χ4v) is 5.32. The molecule has 0 amide bonds. The van der Waals surface area contributed by atoms with Gasteiger partial charge in [-0.2, -0.15) is 0 Å². The predicted octanol–water partition coefficient (Wildman–Crippen LogP) is 5.68. The first-order valence-corrected chi connectivity index (χ1v) is 11.9. The largest absolute Gasteiger partial charge is 0.497 e. The number of anilines is 1. The summed E-state index contributed by atoms with van der Waals surface area (Å²) >= 11 is 5.92. The van der Waals surface area contributed by atoms with Crippen molar-refractivity contribution in [1.82, 2.24) is 14.9 Å². The number of ether oxygens (including phenoxy) is 2. The minimum Gasteiger partial charge on any atom is -0.497 e.